The Balaban J connectivity index is 0.000000555. The van der Waals surface area contributed by atoms with Gasteiger partial charge in [0, 0.05) is 16.9 Å². The summed E-state index contributed by atoms with van der Waals surface area (Å²) >= 11 is 0. The second kappa shape index (κ2) is 14.8. The van der Waals surface area contributed by atoms with E-state index < -0.39 is 28.8 Å². The molecular formula is C22H34N6O3S. The first-order valence-electron chi connectivity index (χ1n) is 10.2. The molecule has 0 aliphatic carbocycles. The minimum Gasteiger partial charge on any atom is -0.399 e. The second-order valence-electron chi connectivity index (χ2n) is 5.84. The van der Waals surface area contributed by atoms with Crippen molar-refractivity contribution in [2.45, 2.75) is 45.6 Å². The first-order valence-corrected chi connectivity index (χ1v) is 11.4. The van der Waals surface area contributed by atoms with Crippen molar-refractivity contribution in [3.8, 4) is 0 Å². The monoisotopic (exact) mass is 462 g/mol. The summed E-state index contributed by atoms with van der Waals surface area (Å²) in [6.07, 6.45) is 0. The van der Waals surface area contributed by atoms with Gasteiger partial charge in [-0.2, -0.15) is 10.1 Å². The van der Waals surface area contributed by atoms with E-state index in [1.165, 1.54) is 0 Å². The zero-order valence-corrected chi connectivity index (χ0v) is 20.3. The molecule has 0 saturated heterocycles. The highest BCUT2D eigenvalue weighted by molar-refractivity contribution is 7.83. The van der Waals surface area contributed by atoms with Gasteiger partial charge >= 0.3 is 0 Å². The summed E-state index contributed by atoms with van der Waals surface area (Å²) in [7, 11) is 0.541. The molecule has 176 valence electrons. The lowest BCUT2D eigenvalue weighted by atomic mass is 10.2. The standard InChI is InChI=1S/C11H12N4O2.C7H10N2OS.2C2H6/c1-6-9(13)11(17)15(14-6)10(16)7-2-4-8(12)5-3-7;1-9-11(10)7-4-2-6(8)3-5-7;2*1-2/h2-5,9H,12-13H2,1H3;2-5,9H,8H2,1H3;2*1-2H3. The first-order chi connectivity index (χ1) is 15.2. The third kappa shape index (κ3) is 8.22. The van der Waals surface area contributed by atoms with Gasteiger partial charge in [-0.15, -0.1) is 0 Å². The lowest BCUT2D eigenvalue weighted by Gasteiger charge is -2.10. The maximum atomic E-state index is 12.0. The molecule has 1 aliphatic rings. The average Bonchev–Trinajstić information content (AvgIpc) is 3.09. The predicted octanol–water partition coefficient (Wildman–Crippen LogP) is 2.52. The number of carbonyl (C=O) groups is 2. The number of hydrogen-bond acceptors (Lipinski definition) is 7. The summed E-state index contributed by atoms with van der Waals surface area (Å²) in [6.45, 7) is 9.61. The maximum Gasteiger partial charge on any atom is 0.281 e. The van der Waals surface area contributed by atoms with E-state index in [-0.39, 0.29) is 0 Å². The molecular weight excluding hydrogens is 428 g/mol. The van der Waals surface area contributed by atoms with Crippen molar-refractivity contribution in [3.63, 3.8) is 0 Å². The maximum absolute atomic E-state index is 12.0. The van der Waals surface area contributed by atoms with E-state index in [0.29, 0.717) is 22.6 Å². The molecule has 2 amide bonds. The molecule has 10 heteroatoms. The van der Waals surface area contributed by atoms with Gasteiger partial charge in [0.25, 0.3) is 11.8 Å². The zero-order valence-electron chi connectivity index (χ0n) is 19.5. The Bertz CT molecular complexity index is 914. The van der Waals surface area contributed by atoms with Crippen molar-refractivity contribution < 1.29 is 13.8 Å². The number of hydrazone groups is 1. The van der Waals surface area contributed by atoms with Crippen molar-refractivity contribution >= 4 is 39.9 Å². The van der Waals surface area contributed by atoms with Gasteiger partial charge in [0.2, 0.25) is 0 Å². The molecule has 2 aromatic carbocycles. The van der Waals surface area contributed by atoms with Crippen LogP contribution < -0.4 is 21.9 Å². The Morgan fingerprint density at radius 2 is 1.41 bits per heavy atom. The fraction of sp³-hybridized carbons (Fsp3) is 0.318. The van der Waals surface area contributed by atoms with Crippen molar-refractivity contribution in [1.29, 1.82) is 0 Å². The number of rotatable bonds is 3. The van der Waals surface area contributed by atoms with Crippen molar-refractivity contribution in [3.05, 3.63) is 54.1 Å². The highest BCUT2D eigenvalue weighted by Crippen LogP contribution is 2.14. The van der Waals surface area contributed by atoms with Gasteiger partial charge in [-0.25, -0.2) is 8.93 Å². The third-order valence-electron chi connectivity index (χ3n) is 3.81. The number of anilines is 2. The highest BCUT2D eigenvalue weighted by atomic mass is 32.2. The molecule has 0 saturated carbocycles. The smallest absolute Gasteiger partial charge is 0.281 e. The SMILES string of the molecule is CC.CC.CC1=NN(C(=O)c2ccc(N)cc2)C(=O)C1N.CNS(=O)c1ccc(N)cc1. The van der Waals surface area contributed by atoms with Gasteiger partial charge in [0.1, 0.15) is 17.0 Å². The summed E-state index contributed by atoms with van der Waals surface area (Å²) in [5.74, 6) is -1.01. The van der Waals surface area contributed by atoms with Crippen LogP contribution in [0.1, 0.15) is 45.0 Å². The van der Waals surface area contributed by atoms with Crippen LogP contribution in [0.4, 0.5) is 11.4 Å². The van der Waals surface area contributed by atoms with Gasteiger partial charge in [0.15, 0.2) is 0 Å². The molecule has 2 atom stereocenters. The quantitative estimate of drug-likeness (QED) is 0.405. The zero-order chi connectivity index (χ0) is 24.8. The van der Waals surface area contributed by atoms with Crippen LogP contribution in [0.25, 0.3) is 0 Å². The molecule has 1 aliphatic heterocycles. The minimum absolute atomic E-state index is 0.346. The summed E-state index contributed by atoms with van der Waals surface area (Å²) in [4.78, 5) is 24.3. The van der Waals surface area contributed by atoms with Gasteiger partial charge < -0.3 is 17.2 Å². The summed E-state index contributed by atoms with van der Waals surface area (Å²) in [5.41, 5.74) is 18.5. The van der Waals surface area contributed by atoms with Crippen LogP contribution in [0, 0.1) is 0 Å². The molecule has 3 rings (SSSR count). The summed E-state index contributed by atoms with van der Waals surface area (Å²) in [5, 5.41) is 4.64. The lowest BCUT2D eigenvalue weighted by molar-refractivity contribution is -0.127. The van der Waals surface area contributed by atoms with Crippen LogP contribution in [0.15, 0.2) is 58.5 Å². The topological polar surface area (TPSA) is 157 Å². The number of carbonyl (C=O) groups excluding carboxylic acids is 2. The largest absolute Gasteiger partial charge is 0.399 e. The number of nitrogens with zero attached hydrogens (tertiary/aromatic N) is 2. The molecule has 32 heavy (non-hydrogen) atoms. The van der Waals surface area contributed by atoms with Crippen molar-refractivity contribution in [2.24, 2.45) is 10.8 Å². The molecule has 0 radical (unpaired) electrons. The third-order valence-corrected chi connectivity index (χ3v) is 4.88. The second-order valence-corrected chi connectivity index (χ2v) is 7.26. The van der Waals surface area contributed by atoms with Gasteiger partial charge in [-0.05, 0) is 62.5 Å². The van der Waals surface area contributed by atoms with Crippen LogP contribution in [0.3, 0.4) is 0 Å². The first kappa shape index (κ1) is 28.9. The molecule has 7 N–H and O–H groups in total. The fourth-order valence-electron chi connectivity index (χ4n) is 2.18. The Kier molecular flexibility index (Phi) is 13.4. The normalized spacial score (nSPS) is 15.1. The Morgan fingerprint density at radius 3 is 1.78 bits per heavy atom. The molecule has 9 nitrogen and oxygen atoms in total. The number of amides is 2. The van der Waals surface area contributed by atoms with Crippen LogP contribution >= 0.6 is 0 Å². The molecule has 0 bridgehead atoms. The van der Waals surface area contributed by atoms with Crippen molar-refractivity contribution in [2.75, 3.05) is 18.5 Å². The van der Waals surface area contributed by atoms with Crippen LogP contribution in [-0.2, 0) is 15.8 Å². The Labute approximate surface area is 192 Å². The van der Waals surface area contributed by atoms with Crippen LogP contribution in [0.2, 0.25) is 0 Å². The van der Waals surface area contributed by atoms with E-state index in [0.717, 1.165) is 9.90 Å². The lowest BCUT2D eigenvalue weighted by Crippen LogP contribution is -2.40. The van der Waals surface area contributed by atoms with Crippen LogP contribution in [0.5, 0.6) is 0 Å². The summed E-state index contributed by atoms with van der Waals surface area (Å²) < 4.78 is 13.7. The molecule has 0 spiro atoms. The van der Waals surface area contributed by atoms with Crippen molar-refractivity contribution in [1.82, 2.24) is 9.73 Å². The fourth-order valence-corrected chi connectivity index (χ4v) is 2.80. The molecule has 2 aromatic rings. The summed E-state index contributed by atoms with van der Waals surface area (Å²) in [6, 6.07) is 12.4. The number of benzene rings is 2. The number of hydrogen-bond donors (Lipinski definition) is 4. The molecule has 1 heterocycles. The van der Waals surface area contributed by atoms with Gasteiger partial charge in [0.05, 0.1) is 10.6 Å². The van der Waals surface area contributed by atoms with E-state index in [1.807, 2.05) is 27.7 Å². The molecule has 0 fully saturated rings. The van der Waals surface area contributed by atoms with E-state index in [9.17, 15) is 13.8 Å². The van der Waals surface area contributed by atoms with Gasteiger partial charge in [-0.3, -0.25) is 9.59 Å². The van der Waals surface area contributed by atoms with E-state index in [4.69, 9.17) is 17.2 Å². The van der Waals surface area contributed by atoms with Gasteiger partial charge in [-0.1, -0.05) is 27.7 Å². The van der Waals surface area contributed by atoms with Crippen LogP contribution in [-0.4, -0.2) is 39.8 Å². The number of nitrogens with one attached hydrogen (secondary N) is 1. The number of imide groups is 1. The average molecular weight is 463 g/mol. The molecule has 0 aromatic heterocycles. The minimum atomic E-state index is -1.10. The predicted molar refractivity (Wildman–Crippen MR) is 132 cm³/mol. The number of nitrogens with two attached hydrogens (primary N) is 3. The van der Waals surface area contributed by atoms with E-state index in [2.05, 4.69) is 9.82 Å². The Morgan fingerprint density at radius 1 is 0.969 bits per heavy atom. The van der Waals surface area contributed by atoms with E-state index >= 15 is 0 Å². The highest BCUT2D eigenvalue weighted by Gasteiger charge is 2.34. The number of nitrogen functional groups attached to an aromatic ring is 2. The van der Waals surface area contributed by atoms with E-state index in [1.54, 1.807) is 62.5 Å². The molecule has 2 unspecified atom stereocenters. The Hall–Kier alpha value is -3.08.